The third kappa shape index (κ3) is 5.94. The fourth-order valence-electron chi connectivity index (χ4n) is 2.32. The molecule has 0 saturated heterocycles. The van der Waals surface area contributed by atoms with Gasteiger partial charge in [-0.3, -0.25) is 14.9 Å². The number of carbonyl (C=O) groups is 1. The minimum atomic E-state index is -3.58. The van der Waals surface area contributed by atoms with Gasteiger partial charge < -0.3 is 5.32 Å². The van der Waals surface area contributed by atoms with Crippen molar-refractivity contribution >= 4 is 27.3 Å². The maximum absolute atomic E-state index is 12.2. The molecule has 0 fully saturated rings. The summed E-state index contributed by atoms with van der Waals surface area (Å²) in [5, 5.41) is 13.3. The lowest BCUT2D eigenvalue weighted by Crippen LogP contribution is -2.38. The van der Waals surface area contributed by atoms with E-state index in [9.17, 15) is 23.3 Å². The third-order valence-corrected chi connectivity index (χ3v) is 4.87. The number of sulfonamides is 1. The second-order valence-corrected chi connectivity index (χ2v) is 7.67. The molecule has 0 aromatic heterocycles. The molecule has 0 atom stereocenters. The first kappa shape index (κ1) is 19.5. The minimum absolute atomic E-state index is 0.158. The van der Waals surface area contributed by atoms with E-state index in [-0.39, 0.29) is 24.5 Å². The minimum Gasteiger partial charge on any atom is -0.325 e. The standard InChI is InChI=1S/C17H19N3O5S/c1-26(24,25)19(11-10-14-6-3-2-4-7-14)13-17(21)18-15-8-5-9-16(12-15)20(22)23/h2-9,12H,10-11,13H2,1H3,(H,18,21). The van der Waals surface area contributed by atoms with Crippen LogP contribution in [0.1, 0.15) is 5.56 Å². The lowest BCUT2D eigenvalue weighted by atomic mass is 10.1. The molecule has 0 saturated carbocycles. The van der Waals surface area contributed by atoms with E-state index < -0.39 is 20.9 Å². The van der Waals surface area contributed by atoms with Crippen molar-refractivity contribution in [2.75, 3.05) is 24.7 Å². The Bertz CT molecular complexity index is 884. The lowest BCUT2D eigenvalue weighted by Gasteiger charge is -2.19. The smallest absolute Gasteiger partial charge is 0.271 e. The third-order valence-electron chi connectivity index (χ3n) is 3.62. The van der Waals surface area contributed by atoms with Crippen LogP contribution in [0.5, 0.6) is 0 Å². The molecule has 1 N–H and O–H groups in total. The van der Waals surface area contributed by atoms with Gasteiger partial charge in [0.25, 0.3) is 5.69 Å². The van der Waals surface area contributed by atoms with Crippen LogP contribution in [0, 0.1) is 10.1 Å². The maximum Gasteiger partial charge on any atom is 0.271 e. The molecule has 26 heavy (non-hydrogen) atoms. The van der Waals surface area contributed by atoms with Crippen LogP contribution in [0.2, 0.25) is 0 Å². The van der Waals surface area contributed by atoms with E-state index in [0.717, 1.165) is 16.1 Å². The van der Waals surface area contributed by atoms with Gasteiger partial charge in [0.1, 0.15) is 0 Å². The van der Waals surface area contributed by atoms with Crippen molar-refractivity contribution < 1.29 is 18.1 Å². The molecule has 0 radical (unpaired) electrons. The Balaban J connectivity index is 2.02. The summed E-state index contributed by atoms with van der Waals surface area (Å²) in [4.78, 5) is 22.4. The first-order valence-corrected chi connectivity index (χ1v) is 9.64. The van der Waals surface area contributed by atoms with Gasteiger partial charge in [-0.05, 0) is 18.1 Å². The predicted molar refractivity (Wildman–Crippen MR) is 98.3 cm³/mol. The number of carbonyl (C=O) groups excluding carboxylic acids is 1. The second-order valence-electron chi connectivity index (χ2n) is 5.69. The van der Waals surface area contributed by atoms with Crippen LogP contribution in [0.3, 0.4) is 0 Å². The first-order chi connectivity index (χ1) is 12.3. The summed E-state index contributed by atoms with van der Waals surface area (Å²) >= 11 is 0. The maximum atomic E-state index is 12.2. The van der Waals surface area contributed by atoms with Gasteiger partial charge in [0.15, 0.2) is 0 Å². The highest BCUT2D eigenvalue weighted by Crippen LogP contribution is 2.17. The molecule has 0 spiro atoms. The monoisotopic (exact) mass is 377 g/mol. The Morgan fingerprint density at radius 2 is 1.85 bits per heavy atom. The molecular formula is C17H19N3O5S. The quantitative estimate of drug-likeness (QED) is 0.559. The molecule has 0 heterocycles. The zero-order valence-corrected chi connectivity index (χ0v) is 15.0. The van der Waals surface area contributed by atoms with Crippen molar-refractivity contribution in [1.29, 1.82) is 0 Å². The lowest BCUT2D eigenvalue weighted by molar-refractivity contribution is -0.384. The number of non-ortho nitro benzene ring substituents is 1. The number of nitrogens with one attached hydrogen (secondary N) is 1. The molecule has 0 aliphatic heterocycles. The SMILES string of the molecule is CS(=O)(=O)N(CCc1ccccc1)CC(=O)Nc1cccc([N+](=O)[O-])c1. The molecule has 138 valence electrons. The van der Waals surface area contributed by atoms with Gasteiger partial charge in [0.2, 0.25) is 15.9 Å². The van der Waals surface area contributed by atoms with E-state index in [4.69, 9.17) is 0 Å². The number of nitro groups is 1. The van der Waals surface area contributed by atoms with Gasteiger partial charge in [-0.25, -0.2) is 8.42 Å². The van der Waals surface area contributed by atoms with Crippen LogP contribution in [0.25, 0.3) is 0 Å². The van der Waals surface area contributed by atoms with Gasteiger partial charge in [0, 0.05) is 24.4 Å². The van der Waals surface area contributed by atoms with Gasteiger partial charge >= 0.3 is 0 Å². The molecular weight excluding hydrogens is 358 g/mol. The molecule has 2 aromatic rings. The Morgan fingerprint density at radius 1 is 1.15 bits per heavy atom. The van der Waals surface area contributed by atoms with Crippen LogP contribution < -0.4 is 5.32 Å². The largest absolute Gasteiger partial charge is 0.325 e. The summed E-state index contributed by atoms with van der Waals surface area (Å²) in [7, 11) is -3.58. The number of rotatable bonds is 8. The van der Waals surface area contributed by atoms with E-state index in [1.807, 2.05) is 30.3 Å². The first-order valence-electron chi connectivity index (χ1n) is 7.79. The average Bonchev–Trinajstić information content (AvgIpc) is 2.58. The summed E-state index contributed by atoms with van der Waals surface area (Å²) in [6.45, 7) is -0.209. The predicted octanol–water partition coefficient (Wildman–Crippen LogP) is 2.04. The van der Waals surface area contributed by atoms with Gasteiger partial charge in [-0.15, -0.1) is 0 Å². The number of hydrogen-bond acceptors (Lipinski definition) is 5. The Hall–Kier alpha value is -2.78. The van der Waals surface area contributed by atoms with E-state index in [1.165, 1.54) is 24.3 Å². The number of nitro benzene ring substituents is 1. The van der Waals surface area contributed by atoms with Crippen LogP contribution in [0.15, 0.2) is 54.6 Å². The average molecular weight is 377 g/mol. The van der Waals surface area contributed by atoms with Crippen LogP contribution >= 0.6 is 0 Å². The number of hydrogen-bond donors (Lipinski definition) is 1. The molecule has 2 rings (SSSR count). The van der Waals surface area contributed by atoms with Crippen molar-refractivity contribution in [2.45, 2.75) is 6.42 Å². The van der Waals surface area contributed by atoms with E-state index in [1.54, 1.807) is 0 Å². The fraction of sp³-hybridized carbons (Fsp3) is 0.235. The summed E-state index contributed by atoms with van der Waals surface area (Å²) in [6, 6.07) is 14.8. The number of benzene rings is 2. The Labute approximate surface area is 151 Å². The van der Waals surface area contributed by atoms with Crippen molar-refractivity contribution in [3.8, 4) is 0 Å². The van der Waals surface area contributed by atoms with Crippen LogP contribution in [-0.2, 0) is 21.2 Å². The molecule has 0 bridgehead atoms. The number of anilines is 1. The van der Waals surface area contributed by atoms with Crippen molar-refractivity contribution in [3.63, 3.8) is 0 Å². The molecule has 0 aliphatic carbocycles. The van der Waals surface area contributed by atoms with Gasteiger partial charge in [0.05, 0.1) is 17.7 Å². The van der Waals surface area contributed by atoms with Crippen LogP contribution in [0.4, 0.5) is 11.4 Å². The Morgan fingerprint density at radius 3 is 2.46 bits per heavy atom. The molecule has 1 amide bonds. The summed E-state index contributed by atoms with van der Waals surface area (Å²) in [5.74, 6) is -0.566. The zero-order chi connectivity index (χ0) is 19.2. The van der Waals surface area contributed by atoms with Gasteiger partial charge in [-0.2, -0.15) is 4.31 Å². The van der Waals surface area contributed by atoms with E-state index in [0.29, 0.717) is 6.42 Å². The highest BCUT2D eigenvalue weighted by atomic mass is 32.2. The fourth-order valence-corrected chi connectivity index (χ4v) is 3.09. The zero-order valence-electron chi connectivity index (χ0n) is 14.2. The highest BCUT2D eigenvalue weighted by molar-refractivity contribution is 7.88. The number of amides is 1. The number of nitrogens with zero attached hydrogens (tertiary/aromatic N) is 2. The topological polar surface area (TPSA) is 110 Å². The molecule has 0 unspecified atom stereocenters. The van der Waals surface area contributed by atoms with Crippen LogP contribution in [-0.4, -0.2) is 42.9 Å². The normalized spacial score (nSPS) is 11.3. The molecule has 8 nitrogen and oxygen atoms in total. The summed E-state index contributed by atoms with van der Waals surface area (Å²) in [5.41, 5.74) is 1.03. The summed E-state index contributed by atoms with van der Waals surface area (Å²) in [6.07, 6.45) is 1.51. The highest BCUT2D eigenvalue weighted by Gasteiger charge is 2.20. The summed E-state index contributed by atoms with van der Waals surface area (Å²) < 4.78 is 25.0. The van der Waals surface area contributed by atoms with Crippen molar-refractivity contribution in [3.05, 3.63) is 70.3 Å². The molecule has 0 aliphatic rings. The molecule has 9 heteroatoms. The molecule has 2 aromatic carbocycles. The second kappa shape index (κ2) is 8.54. The van der Waals surface area contributed by atoms with Gasteiger partial charge in [-0.1, -0.05) is 36.4 Å². The van der Waals surface area contributed by atoms with E-state index in [2.05, 4.69) is 5.32 Å². The van der Waals surface area contributed by atoms with Crippen molar-refractivity contribution in [1.82, 2.24) is 4.31 Å². The van der Waals surface area contributed by atoms with E-state index >= 15 is 0 Å². The Kier molecular flexibility index (Phi) is 6.42. The van der Waals surface area contributed by atoms with Crippen molar-refractivity contribution in [2.24, 2.45) is 0 Å².